The van der Waals surface area contributed by atoms with Crippen molar-refractivity contribution in [1.29, 1.82) is 0 Å². The average Bonchev–Trinajstić information content (AvgIpc) is 2.87. The van der Waals surface area contributed by atoms with E-state index in [0.717, 1.165) is 24.0 Å². The molecule has 0 bridgehead atoms. The van der Waals surface area contributed by atoms with Gasteiger partial charge in [-0.1, -0.05) is 12.1 Å². The molecule has 0 saturated carbocycles. The van der Waals surface area contributed by atoms with Gasteiger partial charge in [0, 0.05) is 24.7 Å². The molecule has 1 amide bonds. The number of nitrogens with one attached hydrogen (secondary N) is 2. The Balaban J connectivity index is 1.81. The molecule has 0 radical (unpaired) electrons. The van der Waals surface area contributed by atoms with Crippen LogP contribution in [-0.4, -0.2) is 42.2 Å². The number of amides is 1. The Morgan fingerprint density at radius 1 is 1.28 bits per heavy atom. The summed E-state index contributed by atoms with van der Waals surface area (Å²) in [5, 5.41) is 2.94. The van der Waals surface area contributed by atoms with Gasteiger partial charge in [0.15, 0.2) is 0 Å². The van der Waals surface area contributed by atoms with E-state index in [1.807, 2.05) is 35.5 Å². The molecular weight excluding hydrogens is 230 g/mol. The first-order valence-electron chi connectivity index (χ1n) is 6.04. The predicted molar refractivity (Wildman–Crippen MR) is 68.2 cm³/mol. The Hall–Kier alpha value is -1.85. The van der Waals surface area contributed by atoms with Crippen molar-refractivity contribution in [2.45, 2.75) is 0 Å². The Morgan fingerprint density at radius 2 is 2.11 bits per heavy atom. The van der Waals surface area contributed by atoms with Crippen molar-refractivity contribution in [3.63, 3.8) is 0 Å². The fourth-order valence-corrected chi connectivity index (χ4v) is 2.15. The maximum absolute atomic E-state index is 12.2. The number of hydrogen-bond donors (Lipinski definition) is 2. The largest absolute Gasteiger partial charge is 0.379 e. The summed E-state index contributed by atoms with van der Waals surface area (Å²) in [6.45, 7) is 2.78. The third-order valence-corrected chi connectivity index (χ3v) is 3.10. The summed E-state index contributed by atoms with van der Waals surface area (Å²) in [5.41, 5.74) is 4.46. The molecule has 0 unspecified atom stereocenters. The standard InChI is InChI=1S/C13H15N3O2/c17-13(15-16-6-8-18-9-7-16)11-3-1-2-10-4-5-14-12(10)11/h1-5,14H,6-9H2,(H,15,17). The fraction of sp³-hybridized carbons (Fsp3) is 0.308. The van der Waals surface area contributed by atoms with Gasteiger partial charge in [0.25, 0.3) is 5.91 Å². The van der Waals surface area contributed by atoms with Gasteiger partial charge in [-0.2, -0.15) is 0 Å². The van der Waals surface area contributed by atoms with Crippen LogP contribution in [0.3, 0.4) is 0 Å². The van der Waals surface area contributed by atoms with Crippen molar-refractivity contribution in [1.82, 2.24) is 15.4 Å². The quantitative estimate of drug-likeness (QED) is 0.834. The smallest absolute Gasteiger partial charge is 0.267 e. The van der Waals surface area contributed by atoms with E-state index < -0.39 is 0 Å². The molecule has 94 valence electrons. The molecule has 0 aliphatic carbocycles. The number of hydrazine groups is 1. The minimum Gasteiger partial charge on any atom is -0.379 e. The number of fused-ring (bicyclic) bond motifs is 1. The van der Waals surface area contributed by atoms with Crippen LogP contribution in [-0.2, 0) is 4.74 Å². The van der Waals surface area contributed by atoms with E-state index in [1.165, 1.54) is 0 Å². The van der Waals surface area contributed by atoms with Gasteiger partial charge < -0.3 is 9.72 Å². The summed E-state index contributed by atoms with van der Waals surface area (Å²) < 4.78 is 5.25. The van der Waals surface area contributed by atoms with E-state index in [0.29, 0.717) is 18.8 Å². The highest BCUT2D eigenvalue weighted by atomic mass is 16.5. The van der Waals surface area contributed by atoms with E-state index in [2.05, 4.69) is 10.4 Å². The maximum Gasteiger partial charge on any atom is 0.267 e. The Kier molecular flexibility index (Phi) is 3.00. The molecule has 1 aromatic carbocycles. The van der Waals surface area contributed by atoms with Gasteiger partial charge in [-0.15, -0.1) is 0 Å². The highest BCUT2D eigenvalue weighted by Gasteiger charge is 2.16. The van der Waals surface area contributed by atoms with Crippen LogP contribution in [0.2, 0.25) is 0 Å². The van der Waals surface area contributed by atoms with Crippen LogP contribution in [0.15, 0.2) is 30.5 Å². The minimum atomic E-state index is -0.0787. The van der Waals surface area contributed by atoms with Crippen LogP contribution < -0.4 is 5.43 Å². The number of aromatic amines is 1. The number of H-pyrrole nitrogens is 1. The summed E-state index contributed by atoms with van der Waals surface area (Å²) in [4.78, 5) is 15.3. The molecule has 5 nitrogen and oxygen atoms in total. The zero-order chi connectivity index (χ0) is 12.4. The molecule has 1 aromatic heterocycles. The summed E-state index contributed by atoms with van der Waals surface area (Å²) in [7, 11) is 0. The van der Waals surface area contributed by atoms with Gasteiger partial charge >= 0.3 is 0 Å². The van der Waals surface area contributed by atoms with Gasteiger partial charge in [-0.25, -0.2) is 5.01 Å². The second kappa shape index (κ2) is 4.80. The zero-order valence-electron chi connectivity index (χ0n) is 9.98. The summed E-state index contributed by atoms with van der Waals surface area (Å²) in [5.74, 6) is -0.0787. The SMILES string of the molecule is O=C(NN1CCOCC1)c1cccc2cc[nH]c12. The second-order valence-electron chi connectivity index (χ2n) is 4.29. The highest BCUT2D eigenvalue weighted by molar-refractivity contribution is 6.05. The molecule has 3 rings (SSSR count). The second-order valence-corrected chi connectivity index (χ2v) is 4.29. The van der Waals surface area contributed by atoms with Crippen LogP contribution in [0.5, 0.6) is 0 Å². The van der Waals surface area contributed by atoms with Crippen molar-refractivity contribution in [3.05, 3.63) is 36.0 Å². The van der Waals surface area contributed by atoms with Gasteiger partial charge in [-0.05, 0) is 12.1 Å². The fourth-order valence-electron chi connectivity index (χ4n) is 2.15. The van der Waals surface area contributed by atoms with Crippen LogP contribution in [0, 0.1) is 0 Å². The first-order chi connectivity index (χ1) is 8.84. The molecule has 5 heteroatoms. The van der Waals surface area contributed by atoms with Crippen LogP contribution in [0.25, 0.3) is 10.9 Å². The van der Waals surface area contributed by atoms with Crippen molar-refractivity contribution in [2.24, 2.45) is 0 Å². The monoisotopic (exact) mass is 245 g/mol. The van der Waals surface area contributed by atoms with Gasteiger partial charge in [-0.3, -0.25) is 10.2 Å². The number of aromatic nitrogens is 1. The van der Waals surface area contributed by atoms with Crippen LogP contribution >= 0.6 is 0 Å². The molecule has 1 aliphatic heterocycles. The number of rotatable bonds is 2. The molecule has 1 saturated heterocycles. The van der Waals surface area contributed by atoms with Crippen molar-refractivity contribution >= 4 is 16.8 Å². The topological polar surface area (TPSA) is 57.4 Å². The number of morpholine rings is 1. The summed E-state index contributed by atoms with van der Waals surface area (Å²) in [6.07, 6.45) is 1.84. The summed E-state index contributed by atoms with van der Waals surface area (Å²) >= 11 is 0. The average molecular weight is 245 g/mol. The molecule has 2 aromatic rings. The Bertz CT molecular complexity index is 558. The number of carbonyl (C=O) groups is 1. The number of nitrogens with zero attached hydrogens (tertiary/aromatic N) is 1. The van der Waals surface area contributed by atoms with E-state index >= 15 is 0 Å². The van der Waals surface area contributed by atoms with Crippen LogP contribution in [0.4, 0.5) is 0 Å². The van der Waals surface area contributed by atoms with Gasteiger partial charge in [0.1, 0.15) is 0 Å². The van der Waals surface area contributed by atoms with Crippen LogP contribution in [0.1, 0.15) is 10.4 Å². The molecule has 2 heterocycles. The lowest BCUT2D eigenvalue weighted by atomic mass is 10.1. The zero-order valence-corrected chi connectivity index (χ0v) is 9.98. The van der Waals surface area contributed by atoms with E-state index in [-0.39, 0.29) is 5.91 Å². The number of ether oxygens (including phenoxy) is 1. The molecule has 1 fully saturated rings. The number of carbonyl (C=O) groups excluding carboxylic acids is 1. The normalized spacial score (nSPS) is 16.9. The van der Waals surface area contributed by atoms with Crippen molar-refractivity contribution in [2.75, 3.05) is 26.3 Å². The molecule has 1 aliphatic rings. The predicted octanol–water partition coefficient (Wildman–Crippen LogP) is 1.14. The first kappa shape index (κ1) is 11.3. The Morgan fingerprint density at radius 3 is 2.94 bits per heavy atom. The molecule has 0 spiro atoms. The van der Waals surface area contributed by atoms with Crippen molar-refractivity contribution < 1.29 is 9.53 Å². The van der Waals surface area contributed by atoms with Gasteiger partial charge in [0.2, 0.25) is 0 Å². The van der Waals surface area contributed by atoms with Crippen molar-refractivity contribution in [3.8, 4) is 0 Å². The molecule has 2 N–H and O–H groups in total. The highest BCUT2D eigenvalue weighted by Crippen LogP contribution is 2.16. The number of hydrogen-bond acceptors (Lipinski definition) is 3. The first-order valence-corrected chi connectivity index (χ1v) is 6.04. The summed E-state index contributed by atoms with van der Waals surface area (Å²) in [6, 6.07) is 7.66. The molecule has 18 heavy (non-hydrogen) atoms. The number of benzene rings is 1. The third-order valence-electron chi connectivity index (χ3n) is 3.10. The van der Waals surface area contributed by atoms with E-state index in [9.17, 15) is 4.79 Å². The molecule has 0 atom stereocenters. The lowest BCUT2D eigenvalue weighted by molar-refractivity contribution is 0.0127. The van der Waals surface area contributed by atoms with E-state index in [1.54, 1.807) is 0 Å². The Labute approximate surface area is 105 Å². The lowest BCUT2D eigenvalue weighted by Gasteiger charge is -2.26. The minimum absolute atomic E-state index is 0.0787. The number of para-hydroxylation sites is 1. The lowest BCUT2D eigenvalue weighted by Crippen LogP contribution is -2.48. The maximum atomic E-state index is 12.2. The van der Waals surface area contributed by atoms with E-state index in [4.69, 9.17) is 4.74 Å². The van der Waals surface area contributed by atoms with Gasteiger partial charge in [0.05, 0.1) is 24.3 Å². The third kappa shape index (κ3) is 2.10. The molecular formula is C13H15N3O2.